The molecule has 0 bridgehead atoms. The van der Waals surface area contributed by atoms with Crippen molar-refractivity contribution < 1.29 is 4.79 Å². The van der Waals surface area contributed by atoms with Crippen molar-refractivity contribution in [1.82, 2.24) is 25.4 Å². The van der Waals surface area contributed by atoms with Crippen LogP contribution in [0.25, 0.3) is 10.9 Å². The molecule has 3 heterocycles. The van der Waals surface area contributed by atoms with Gasteiger partial charge in [-0.3, -0.25) is 14.8 Å². The van der Waals surface area contributed by atoms with Crippen LogP contribution in [-0.4, -0.2) is 45.6 Å². The highest BCUT2D eigenvalue weighted by molar-refractivity contribution is 5.92. The summed E-state index contributed by atoms with van der Waals surface area (Å²) in [5.74, 6) is 0.395. The van der Waals surface area contributed by atoms with E-state index in [0.29, 0.717) is 18.2 Å². The Labute approximate surface area is 146 Å². The zero-order valence-corrected chi connectivity index (χ0v) is 14.4. The van der Waals surface area contributed by atoms with Gasteiger partial charge in [-0.2, -0.15) is 5.10 Å². The second-order valence-electron chi connectivity index (χ2n) is 6.92. The third-order valence-electron chi connectivity index (χ3n) is 4.84. The van der Waals surface area contributed by atoms with Gasteiger partial charge < -0.3 is 10.3 Å². The van der Waals surface area contributed by atoms with Crippen LogP contribution in [0.15, 0.2) is 36.4 Å². The van der Waals surface area contributed by atoms with Crippen molar-refractivity contribution >= 4 is 16.8 Å². The zero-order chi connectivity index (χ0) is 17.2. The van der Waals surface area contributed by atoms with E-state index in [0.717, 1.165) is 31.7 Å². The van der Waals surface area contributed by atoms with Gasteiger partial charge in [0, 0.05) is 36.5 Å². The quantitative estimate of drug-likeness (QED) is 0.669. The van der Waals surface area contributed by atoms with E-state index in [4.69, 9.17) is 0 Å². The summed E-state index contributed by atoms with van der Waals surface area (Å²) >= 11 is 0. The van der Waals surface area contributed by atoms with Gasteiger partial charge in [0.15, 0.2) is 0 Å². The number of H-pyrrole nitrogens is 2. The summed E-state index contributed by atoms with van der Waals surface area (Å²) in [4.78, 5) is 18.0. The minimum Gasteiger partial charge on any atom is -0.357 e. The summed E-state index contributed by atoms with van der Waals surface area (Å²) in [6, 6.07) is 12.4. The number of aryl methyl sites for hydroxylation is 1. The molecule has 1 amide bonds. The highest BCUT2D eigenvalue weighted by Gasteiger charge is 2.23. The van der Waals surface area contributed by atoms with Gasteiger partial charge in [0.05, 0.1) is 0 Å². The SMILES string of the molecule is Cc1cc(C(=O)NC[C@@H]2CCN(Cc3cc4ccccc4[nH]3)C2)n[nH]1. The second-order valence-corrected chi connectivity index (χ2v) is 6.92. The Kier molecular flexibility index (Phi) is 4.28. The summed E-state index contributed by atoms with van der Waals surface area (Å²) in [6.07, 6.45) is 1.11. The number of hydrogen-bond acceptors (Lipinski definition) is 3. The number of nitrogens with one attached hydrogen (secondary N) is 3. The fraction of sp³-hybridized carbons (Fsp3) is 0.368. The summed E-state index contributed by atoms with van der Waals surface area (Å²) in [7, 11) is 0. The number of carbonyl (C=O) groups is 1. The van der Waals surface area contributed by atoms with Crippen LogP contribution in [-0.2, 0) is 6.54 Å². The Morgan fingerprint density at radius 3 is 3.04 bits per heavy atom. The Bertz CT molecular complexity index is 848. The van der Waals surface area contributed by atoms with Crippen LogP contribution in [0.4, 0.5) is 0 Å². The van der Waals surface area contributed by atoms with Crippen molar-refractivity contribution in [3.8, 4) is 0 Å². The summed E-state index contributed by atoms with van der Waals surface area (Å²) < 4.78 is 0. The Hall–Kier alpha value is -2.60. The molecule has 1 saturated heterocycles. The first-order valence-corrected chi connectivity index (χ1v) is 8.76. The zero-order valence-electron chi connectivity index (χ0n) is 14.4. The molecule has 1 aliphatic heterocycles. The lowest BCUT2D eigenvalue weighted by atomic mass is 10.1. The fourth-order valence-electron chi connectivity index (χ4n) is 3.54. The van der Waals surface area contributed by atoms with Gasteiger partial charge in [-0.1, -0.05) is 18.2 Å². The molecular weight excluding hydrogens is 314 g/mol. The minimum atomic E-state index is -0.0987. The maximum atomic E-state index is 12.1. The first-order valence-electron chi connectivity index (χ1n) is 8.76. The van der Waals surface area contributed by atoms with Crippen LogP contribution in [0.5, 0.6) is 0 Å². The van der Waals surface area contributed by atoms with Crippen LogP contribution in [0.2, 0.25) is 0 Å². The molecule has 1 aliphatic rings. The number of fused-ring (bicyclic) bond motifs is 1. The normalized spacial score (nSPS) is 18.0. The topological polar surface area (TPSA) is 76.8 Å². The van der Waals surface area contributed by atoms with Gasteiger partial charge in [-0.15, -0.1) is 0 Å². The van der Waals surface area contributed by atoms with Crippen molar-refractivity contribution in [2.24, 2.45) is 5.92 Å². The number of para-hydroxylation sites is 1. The predicted octanol–water partition coefficient (Wildman–Crippen LogP) is 2.45. The van der Waals surface area contributed by atoms with Gasteiger partial charge in [-0.25, -0.2) is 0 Å². The maximum Gasteiger partial charge on any atom is 0.271 e. The van der Waals surface area contributed by atoms with Crippen molar-refractivity contribution in [2.75, 3.05) is 19.6 Å². The van der Waals surface area contributed by atoms with E-state index in [1.807, 2.05) is 6.92 Å². The number of likely N-dealkylation sites (tertiary alicyclic amines) is 1. The molecule has 6 heteroatoms. The lowest BCUT2D eigenvalue weighted by Gasteiger charge is -2.15. The van der Waals surface area contributed by atoms with Crippen molar-refractivity contribution in [3.05, 3.63) is 53.5 Å². The van der Waals surface area contributed by atoms with Crippen molar-refractivity contribution in [3.63, 3.8) is 0 Å². The van der Waals surface area contributed by atoms with Crippen LogP contribution in [0.3, 0.4) is 0 Å². The molecule has 1 aromatic carbocycles. The van der Waals surface area contributed by atoms with Crippen LogP contribution in [0.1, 0.15) is 28.3 Å². The van der Waals surface area contributed by atoms with E-state index in [-0.39, 0.29) is 5.91 Å². The molecule has 0 saturated carbocycles. The van der Waals surface area contributed by atoms with Crippen LogP contribution < -0.4 is 5.32 Å². The number of aromatic nitrogens is 3. The molecule has 25 heavy (non-hydrogen) atoms. The van der Waals surface area contributed by atoms with E-state index in [2.05, 4.69) is 55.7 Å². The number of nitrogens with zero attached hydrogens (tertiary/aromatic N) is 2. The molecule has 1 fully saturated rings. The molecule has 4 rings (SSSR count). The first kappa shape index (κ1) is 15.9. The molecule has 0 unspecified atom stereocenters. The third-order valence-corrected chi connectivity index (χ3v) is 4.84. The average molecular weight is 337 g/mol. The number of aromatic amines is 2. The molecule has 3 aromatic rings. The number of benzene rings is 1. The second kappa shape index (κ2) is 6.72. The highest BCUT2D eigenvalue weighted by Crippen LogP contribution is 2.20. The smallest absolute Gasteiger partial charge is 0.271 e. The monoisotopic (exact) mass is 337 g/mol. The Morgan fingerprint density at radius 1 is 1.36 bits per heavy atom. The van der Waals surface area contributed by atoms with Crippen LogP contribution >= 0.6 is 0 Å². The molecule has 2 aromatic heterocycles. The van der Waals surface area contributed by atoms with Gasteiger partial charge in [0.1, 0.15) is 5.69 Å². The van der Waals surface area contributed by atoms with Crippen molar-refractivity contribution in [2.45, 2.75) is 19.9 Å². The standard InChI is InChI=1S/C19H23N5O/c1-13-8-18(23-22-13)19(25)20-10-14-6-7-24(11-14)12-16-9-15-4-2-3-5-17(15)21-16/h2-5,8-9,14,21H,6-7,10-12H2,1H3,(H,20,25)(H,22,23)/t14-/m0/s1. The average Bonchev–Trinajstić information content (AvgIpc) is 3.32. The number of carbonyl (C=O) groups excluding carboxylic acids is 1. The Morgan fingerprint density at radius 2 is 2.24 bits per heavy atom. The van der Waals surface area contributed by atoms with E-state index in [1.54, 1.807) is 6.07 Å². The van der Waals surface area contributed by atoms with Crippen molar-refractivity contribution in [1.29, 1.82) is 0 Å². The molecule has 1 atom stereocenters. The van der Waals surface area contributed by atoms with Crippen LogP contribution in [0, 0.1) is 12.8 Å². The lowest BCUT2D eigenvalue weighted by molar-refractivity contribution is 0.0942. The van der Waals surface area contributed by atoms with E-state index in [9.17, 15) is 4.79 Å². The largest absolute Gasteiger partial charge is 0.357 e. The molecule has 130 valence electrons. The predicted molar refractivity (Wildman–Crippen MR) is 97.3 cm³/mol. The molecule has 3 N–H and O–H groups in total. The summed E-state index contributed by atoms with van der Waals surface area (Å²) in [6.45, 7) is 5.60. The van der Waals surface area contributed by atoms with Gasteiger partial charge in [0.2, 0.25) is 0 Å². The van der Waals surface area contributed by atoms with E-state index >= 15 is 0 Å². The summed E-state index contributed by atoms with van der Waals surface area (Å²) in [5, 5.41) is 11.1. The minimum absolute atomic E-state index is 0.0987. The molecule has 0 radical (unpaired) electrons. The number of amides is 1. The molecule has 6 nitrogen and oxygen atoms in total. The summed E-state index contributed by atoms with van der Waals surface area (Å²) in [5.41, 5.74) is 3.80. The van der Waals surface area contributed by atoms with Gasteiger partial charge in [0.25, 0.3) is 5.91 Å². The van der Waals surface area contributed by atoms with Gasteiger partial charge >= 0.3 is 0 Å². The first-order chi connectivity index (χ1) is 12.2. The van der Waals surface area contributed by atoms with Gasteiger partial charge in [-0.05, 0) is 49.4 Å². The third kappa shape index (κ3) is 3.58. The highest BCUT2D eigenvalue weighted by atomic mass is 16.1. The maximum absolute atomic E-state index is 12.1. The fourth-order valence-corrected chi connectivity index (χ4v) is 3.54. The molecule has 0 spiro atoms. The van der Waals surface area contributed by atoms with E-state index in [1.165, 1.54) is 16.6 Å². The molecular formula is C19H23N5O. The Balaban J connectivity index is 1.28. The number of hydrogen-bond donors (Lipinski definition) is 3. The number of rotatable bonds is 5. The molecule has 0 aliphatic carbocycles. The van der Waals surface area contributed by atoms with E-state index < -0.39 is 0 Å². The lowest BCUT2D eigenvalue weighted by Crippen LogP contribution is -2.31.